The monoisotopic (exact) mass is 381 g/mol. The third-order valence-corrected chi connectivity index (χ3v) is 4.85. The molecular weight excluding hydrogens is 364 g/mol. The molecule has 2 N–H and O–H groups in total. The molecule has 1 atom stereocenters. The average molecular weight is 382 g/mol. The highest BCUT2D eigenvalue weighted by molar-refractivity contribution is 6.31. The number of carbonyl (C=O) groups excluding carboxylic acids is 1. The Bertz CT molecular complexity index is 824. The molecule has 4 nitrogen and oxygen atoms in total. The lowest BCUT2D eigenvalue weighted by Crippen LogP contribution is -2.41. The van der Waals surface area contributed by atoms with Crippen LogP contribution in [0.1, 0.15) is 34.8 Å². The second kappa shape index (κ2) is 7.60. The van der Waals surface area contributed by atoms with E-state index < -0.39 is 29.7 Å². The van der Waals surface area contributed by atoms with E-state index in [2.05, 4.69) is 5.32 Å². The van der Waals surface area contributed by atoms with Gasteiger partial charge in [0.25, 0.3) is 5.91 Å². The number of hydrogen-bond acceptors (Lipinski definition) is 3. The van der Waals surface area contributed by atoms with Gasteiger partial charge in [0, 0.05) is 5.02 Å². The maximum absolute atomic E-state index is 14.1. The molecule has 0 bridgehead atoms. The normalized spacial score (nSPS) is 20.2. The molecule has 138 valence electrons. The maximum Gasteiger partial charge on any atom is 0.254 e. The fraction of sp³-hybridized carbons (Fsp3) is 0.316. The molecule has 0 spiro atoms. The molecule has 0 saturated heterocycles. The quantitative estimate of drug-likeness (QED) is 0.826. The third-order valence-electron chi connectivity index (χ3n) is 4.62. The number of benzene rings is 2. The fourth-order valence-electron chi connectivity index (χ4n) is 3.14. The number of aliphatic hydroxyl groups is 1. The zero-order chi connectivity index (χ0) is 18.8. The Hall–Kier alpha value is -2.18. The Kier molecular flexibility index (Phi) is 5.44. The van der Waals surface area contributed by atoms with Gasteiger partial charge in [-0.05, 0) is 54.7 Å². The van der Waals surface area contributed by atoms with Crippen molar-refractivity contribution in [2.45, 2.75) is 25.0 Å². The van der Waals surface area contributed by atoms with E-state index in [0.717, 1.165) is 6.07 Å². The Morgan fingerprint density at radius 3 is 2.58 bits per heavy atom. The third kappa shape index (κ3) is 3.81. The van der Waals surface area contributed by atoms with Gasteiger partial charge in [-0.1, -0.05) is 17.7 Å². The molecule has 7 heteroatoms. The molecule has 1 aliphatic carbocycles. The number of ether oxygens (including phenoxy) is 1. The number of halogens is 3. The SMILES string of the molecule is COc1ccc([C@H](NC(=O)c2cc(Cl)ccc2F)C2CC(O)C2)cc1F. The van der Waals surface area contributed by atoms with Crippen LogP contribution in [0.15, 0.2) is 36.4 Å². The predicted molar refractivity (Wildman–Crippen MR) is 93.3 cm³/mol. The van der Waals surface area contributed by atoms with Crippen molar-refractivity contribution in [1.82, 2.24) is 5.32 Å². The van der Waals surface area contributed by atoms with Crippen LogP contribution in [0.4, 0.5) is 8.78 Å². The summed E-state index contributed by atoms with van der Waals surface area (Å²) in [4.78, 5) is 12.5. The van der Waals surface area contributed by atoms with E-state index >= 15 is 0 Å². The highest BCUT2D eigenvalue weighted by Gasteiger charge is 2.36. The van der Waals surface area contributed by atoms with Crippen LogP contribution in [0, 0.1) is 17.6 Å². The number of aliphatic hydroxyl groups excluding tert-OH is 1. The second-order valence-electron chi connectivity index (χ2n) is 6.35. The fourth-order valence-corrected chi connectivity index (χ4v) is 3.31. The Morgan fingerprint density at radius 1 is 1.23 bits per heavy atom. The van der Waals surface area contributed by atoms with Crippen molar-refractivity contribution in [2.75, 3.05) is 7.11 Å². The van der Waals surface area contributed by atoms with Crippen LogP contribution in [0.5, 0.6) is 5.75 Å². The zero-order valence-electron chi connectivity index (χ0n) is 14.0. The first kappa shape index (κ1) is 18.6. The van der Waals surface area contributed by atoms with Crippen LogP contribution in [-0.2, 0) is 0 Å². The van der Waals surface area contributed by atoms with Gasteiger partial charge in [-0.25, -0.2) is 8.78 Å². The van der Waals surface area contributed by atoms with Gasteiger partial charge in [-0.3, -0.25) is 4.79 Å². The first-order chi connectivity index (χ1) is 12.4. The first-order valence-electron chi connectivity index (χ1n) is 8.16. The number of methoxy groups -OCH3 is 1. The summed E-state index contributed by atoms with van der Waals surface area (Å²) in [6.45, 7) is 0. The van der Waals surface area contributed by atoms with Crippen molar-refractivity contribution < 1.29 is 23.4 Å². The number of rotatable bonds is 5. The van der Waals surface area contributed by atoms with E-state index in [1.807, 2.05) is 0 Å². The minimum absolute atomic E-state index is 0.0796. The minimum Gasteiger partial charge on any atom is -0.494 e. The predicted octanol–water partition coefficient (Wildman–Crippen LogP) is 3.87. The molecule has 1 fully saturated rings. The van der Waals surface area contributed by atoms with Gasteiger partial charge < -0.3 is 15.2 Å². The molecule has 0 unspecified atom stereocenters. The standard InChI is InChI=1S/C19H18ClF2NO3/c1-26-17-5-2-10(8-16(17)22)18(11-6-13(24)7-11)23-19(25)14-9-12(20)3-4-15(14)21/h2-5,8-9,11,13,18,24H,6-7H2,1H3,(H,23,25)/t11?,13?,18-/m0/s1. The van der Waals surface area contributed by atoms with E-state index in [9.17, 15) is 18.7 Å². The second-order valence-corrected chi connectivity index (χ2v) is 6.79. The van der Waals surface area contributed by atoms with Crippen LogP contribution in [-0.4, -0.2) is 24.2 Å². The van der Waals surface area contributed by atoms with E-state index in [4.69, 9.17) is 16.3 Å². The summed E-state index contributed by atoms with van der Waals surface area (Å²) in [7, 11) is 1.36. The molecule has 26 heavy (non-hydrogen) atoms. The van der Waals surface area contributed by atoms with Crippen LogP contribution in [0.25, 0.3) is 0 Å². The van der Waals surface area contributed by atoms with Crippen LogP contribution >= 0.6 is 11.6 Å². The smallest absolute Gasteiger partial charge is 0.254 e. The van der Waals surface area contributed by atoms with Crippen molar-refractivity contribution >= 4 is 17.5 Å². The number of nitrogens with one attached hydrogen (secondary N) is 1. The highest BCUT2D eigenvalue weighted by Crippen LogP contribution is 2.39. The highest BCUT2D eigenvalue weighted by atomic mass is 35.5. The lowest BCUT2D eigenvalue weighted by atomic mass is 9.75. The number of amides is 1. The zero-order valence-corrected chi connectivity index (χ0v) is 14.8. The minimum atomic E-state index is -0.694. The van der Waals surface area contributed by atoms with Crippen LogP contribution in [0.3, 0.4) is 0 Å². The molecule has 3 rings (SSSR count). The largest absolute Gasteiger partial charge is 0.494 e. The lowest BCUT2D eigenvalue weighted by Gasteiger charge is -2.38. The van der Waals surface area contributed by atoms with E-state index in [-0.39, 0.29) is 22.3 Å². The molecule has 0 heterocycles. The molecule has 0 radical (unpaired) electrons. The average Bonchev–Trinajstić information content (AvgIpc) is 2.59. The molecule has 1 aliphatic rings. The van der Waals surface area contributed by atoms with Gasteiger partial charge in [-0.2, -0.15) is 0 Å². The van der Waals surface area contributed by atoms with Gasteiger partial charge >= 0.3 is 0 Å². The maximum atomic E-state index is 14.1. The molecular formula is C19H18ClF2NO3. The Labute approximate surface area is 154 Å². The molecule has 1 saturated carbocycles. The topological polar surface area (TPSA) is 58.6 Å². The van der Waals surface area contributed by atoms with Gasteiger partial charge in [0.2, 0.25) is 0 Å². The van der Waals surface area contributed by atoms with Crippen molar-refractivity contribution in [2.24, 2.45) is 5.92 Å². The van der Waals surface area contributed by atoms with E-state index in [1.165, 1.54) is 31.4 Å². The molecule has 2 aromatic carbocycles. The van der Waals surface area contributed by atoms with E-state index in [0.29, 0.717) is 18.4 Å². The summed E-state index contributed by atoms with van der Waals surface area (Å²) < 4.78 is 33.0. The number of carbonyl (C=O) groups is 1. The van der Waals surface area contributed by atoms with Crippen molar-refractivity contribution in [3.8, 4) is 5.75 Å². The van der Waals surface area contributed by atoms with Gasteiger partial charge in [-0.15, -0.1) is 0 Å². The first-order valence-corrected chi connectivity index (χ1v) is 8.54. The summed E-state index contributed by atoms with van der Waals surface area (Å²) >= 11 is 5.85. The Morgan fingerprint density at radius 2 is 1.96 bits per heavy atom. The van der Waals surface area contributed by atoms with Crippen molar-refractivity contribution in [3.05, 3.63) is 64.2 Å². The van der Waals surface area contributed by atoms with Gasteiger partial charge in [0.05, 0.1) is 24.8 Å². The van der Waals surface area contributed by atoms with Crippen molar-refractivity contribution in [1.29, 1.82) is 0 Å². The van der Waals surface area contributed by atoms with E-state index in [1.54, 1.807) is 6.07 Å². The number of hydrogen-bond donors (Lipinski definition) is 2. The summed E-state index contributed by atoms with van der Waals surface area (Å²) in [5, 5.41) is 12.6. The lowest BCUT2D eigenvalue weighted by molar-refractivity contribution is 0.0234. The molecule has 0 aliphatic heterocycles. The molecule has 2 aromatic rings. The van der Waals surface area contributed by atoms with Gasteiger partial charge in [0.15, 0.2) is 11.6 Å². The summed E-state index contributed by atoms with van der Waals surface area (Å²) in [6.07, 6.45) is 0.484. The van der Waals surface area contributed by atoms with Gasteiger partial charge in [0.1, 0.15) is 5.82 Å². The van der Waals surface area contributed by atoms with Crippen LogP contribution < -0.4 is 10.1 Å². The molecule has 1 amide bonds. The summed E-state index contributed by atoms with van der Waals surface area (Å²) in [6, 6.07) is 7.55. The Balaban J connectivity index is 1.88. The van der Waals surface area contributed by atoms with Crippen LogP contribution in [0.2, 0.25) is 5.02 Å². The summed E-state index contributed by atoms with van der Waals surface area (Å²) in [5.74, 6) is -1.89. The molecule has 0 aromatic heterocycles. The van der Waals surface area contributed by atoms with Crippen molar-refractivity contribution in [3.63, 3.8) is 0 Å². The summed E-state index contributed by atoms with van der Waals surface area (Å²) in [5.41, 5.74) is 0.340.